The monoisotopic (exact) mass is 290 g/mol. The van der Waals surface area contributed by atoms with Crippen LogP contribution in [0.2, 0.25) is 0 Å². The molecule has 0 fully saturated rings. The predicted molar refractivity (Wildman–Crippen MR) is 86.0 cm³/mol. The summed E-state index contributed by atoms with van der Waals surface area (Å²) in [6.07, 6.45) is 0.650. The lowest BCUT2D eigenvalue weighted by Crippen LogP contribution is -2.04. The molecular formula is C18H14N2O2. The Morgan fingerprint density at radius 2 is 1.77 bits per heavy atom. The summed E-state index contributed by atoms with van der Waals surface area (Å²) in [6, 6.07) is 17.5. The lowest BCUT2D eigenvalue weighted by molar-refractivity contribution is 0.569. The van der Waals surface area contributed by atoms with E-state index in [1.54, 1.807) is 10.7 Å². The Morgan fingerprint density at radius 1 is 1.05 bits per heavy atom. The summed E-state index contributed by atoms with van der Waals surface area (Å²) in [5.41, 5.74) is 2.97. The SMILES string of the molecule is Cn1nc2c(c1Cc1ccccc1)c(=O)oc1ccccc12. The van der Waals surface area contributed by atoms with Gasteiger partial charge in [0.05, 0.1) is 5.69 Å². The van der Waals surface area contributed by atoms with Gasteiger partial charge in [0.1, 0.15) is 16.5 Å². The Bertz CT molecular complexity index is 1030. The minimum Gasteiger partial charge on any atom is -0.422 e. The molecule has 0 saturated carbocycles. The highest BCUT2D eigenvalue weighted by Gasteiger charge is 2.17. The van der Waals surface area contributed by atoms with Crippen LogP contribution in [0.5, 0.6) is 0 Å². The van der Waals surface area contributed by atoms with Crippen molar-refractivity contribution in [1.82, 2.24) is 9.78 Å². The van der Waals surface area contributed by atoms with Crippen molar-refractivity contribution in [3.05, 3.63) is 76.3 Å². The molecule has 108 valence electrons. The van der Waals surface area contributed by atoms with Crippen molar-refractivity contribution >= 4 is 21.9 Å². The summed E-state index contributed by atoms with van der Waals surface area (Å²) in [5.74, 6) is 0. The van der Waals surface area contributed by atoms with Gasteiger partial charge < -0.3 is 4.42 Å². The van der Waals surface area contributed by atoms with E-state index in [-0.39, 0.29) is 5.63 Å². The maximum Gasteiger partial charge on any atom is 0.347 e. The molecule has 2 aromatic carbocycles. The number of nitrogens with zero attached hydrogens (tertiary/aromatic N) is 2. The van der Waals surface area contributed by atoms with Crippen LogP contribution >= 0.6 is 0 Å². The van der Waals surface area contributed by atoms with Gasteiger partial charge in [0.2, 0.25) is 0 Å². The Hall–Kier alpha value is -2.88. The molecule has 0 unspecified atom stereocenters. The van der Waals surface area contributed by atoms with E-state index in [0.717, 1.165) is 16.6 Å². The highest BCUT2D eigenvalue weighted by Crippen LogP contribution is 2.25. The zero-order chi connectivity index (χ0) is 15.1. The van der Waals surface area contributed by atoms with Gasteiger partial charge >= 0.3 is 5.63 Å². The van der Waals surface area contributed by atoms with Gasteiger partial charge in [-0.3, -0.25) is 4.68 Å². The third kappa shape index (κ3) is 1.92. The van der Waals surface area contributed by atoms with E-state index in [1.165, 1.54) is 0 Å². The molecule has 2 heterocycles. The maximum absolute atomic E-state index is 12.4. The molecule has 4 aromatic rings. The molecular weight excluding hydrogens is 276 g/mol. The second-order valence-electron chi connectivity index (χ2n) is 5.34. The Labute approximate surface area is 126 Å². The van der Waals surface area contributed by atoms with Gasteiger partial charge in [0.15, 0.2) is 0 Å². The first-order valence-electron chi connectivity index (χ1n) is 7.15. The van der Waals surface area contributed by atoms with Crippen LogP contribution in [0.25, 0.3) is 21.9 Å². The van der Waals surface area contributed by atoms with Crippen LogP contribution in [-0.4, -0.2) is 9.78 Å². The molecule has 0 atom stereocenters. The predicted octanol–water partition coefficient (Wildman–Crippen LogP) is 3.27. The summed E-state index contributed by atoms with van der Waals surface area (Å²) >= 11 is 0. The average molecular weight is 290 g/mol. The smallest absolute Gasteiger partial charge is 0.347 e. The van der Waals surface area contributed by atoms with Crippen LogP contribution < -0.4 is 5.63 Å². The van der Waals surface area contributed by atoms with Crippen LogP contribution in [0.15, 0.2) is 63.8 Å². The van der Waals surface area contributed by atoms with Crippen molar-refractivity contribution in [2.24, 2.45) is 7.05 Å². The zero-order valence-corrected chi connectivity index (χ0v) is 12.1. The number of rotatable bonds is 2. The average Bonchev–Trinajstić information content (AvgIpc) is 2.86. The number of aryl methyl sites for hydroxylation is 1. The molecule has 22 heavy (non-hydrogen) atoms. The summed E-state index contributed by atoms with van der Waals surface area (Å²) in [5, 5.41) is 6.00. The molecule has 0 spiro atoms. The topological polar surface area (TPSA) is 48.0 Å². The van der Waals surface area contributed by atoms with Crippen molar-refractivity contribution in [1.29, 1.82) is 0 Å². The fourth-order valence-electron chi connectivity index (χ4n) is 2.86. The number of hydrogen-bond acceptors (Lipinski definition) is 3. The first-order chi connectivity index (χ1) is 10.7. The molecule has 0 radical (unpaired) electrons. The van der Waals surface area contributed by atoms with E-state index in [4.69, 9.17) is 4.42 Å². The van der Waals surface area contributed by atoms with Gasteiger partial charge in [-0.15, -0.1) is 0 Å². The molecule has 0 bridgehead atoms. The number of hydrogen-bond donors (Lipinski definition) is 0. The third-order valence-electron chi connectivity index (χ3n) is 3.93. The summed E-state index contributed by atoms with van der Waals surface area (Å²) in [7, 11) is 1.87. The highest BCUT2D eigenvalue weighted by molar-refractivity contribution is 6.02. The lowest BCUT2D eigenvalue weighted by atomic mass is 10.1. The molecule has 4 heteroatoms. The van der Waals surface area contributed by atoms with Crippen molar-refractivity contribution in [2.75, 3.05) is 0 Å². The number of para-hydroxylation sites is 1. The molecule has 2 aromatic heterocycles. The first-order valence-corrected chi connectivity index (χ1v) is 7.15. The second kappa shape index (κ2) is 4.84. The number of aromatic nitrogens is 2. The largest absolute Gasteiger partial charge is 0.422 e. The van der Waals surface area contributed by atoms with Crippen molar-refractivity contribution in [2.45, 2.75) is 6.42 Å². The van der Waals surface area contributed by atoms with Crippen LogP contribution in [0.4, 0.5) is 0 Å². The fourth-order valence-corrected chi connectivity index (χ4v) is 2.86. The third-order valence-corrected chi connectivity index (χ3v) is 3.93. The Kier molecular flexibility index (Phi) is 2.82. The second-order valence-corrected chi connectivity index (χ2v) is 5.34. The van der Waals surface area contributed by atoms with Gasteiger partial charge in [-0.05, 0) is 17.7 Å². The van der Waals surface area contributed by atoms with Gasteiger partial charge in [0, 0.05) is 18.9 Å². The molecule has 0 amide bonds. The van der Waals surface area contributed by atoms with Crippen molar-refractivity contribution in [3.63, 3.8) is 0 Å². The Balaban J connectivity index is 2.02. The van der Waals surface area contributed by atoms with E-state index in [2.05, 4.69) is 5.10 Å². The fraction of sp³-hybridized carbons (Fsp3) is 0.111. The molecule has 0 saturated heterocycles. The van der Waals surface area contributed by atoms with E-state index < -0.39 is 0 Å². The van der Waals surface area contributed by atoms with Gasteiger partial charge in [0.25, 0.3) is 0 Å². The van der Waals surface area contributed by atoms with Crippen LogP contribution in [0.1, 0.15) is 11.3 Å². The standard InChI is InChI=1S/C18H14N2O2/c1-20-14(11-12-7-3-2-4-8-12)16-17(19-20)13-9-5-6-10-15(13)22-18(16)21/h2-10H,11H2,1H3. The summed E-state index contributed by atoms with van der Waals surface area (Å²) in [6.45, 7) is 0. The summed E-state index contributed by atoms with van der Waals surface area (Å²) in [4.78, 5) is 12.4. The minimum absolute atomic E-state index is 0.326. The van der Waals surface area contributed by atoms with Gasteiger partial charge in [-0.2, -0.15) is 5.10 Å². The van der Waals surface area contributed by atoms with Crippen molar-refractivity contribution in [3.8, 4) is 0 Å². The van der Waals surface area contributed by atoms with E-state index >= 15 is 0 Å². The molecule has 4 nitrogen and oxygen atoms in total. The molecule has 0 aliphatic rings. The molecule has 0 N–H and O–H groups in total. The van der Waals surface area contributed by atoms with Crippen molar-refractivity contribution < 1.29 is 4.42 Å². The molecule has 0 aliphatic heterocycles. The van der Waals surface area contributed by atoms with Gasteiger partial charge in [-0.25, -0.2) is 4.79 Å². The van der Waals surface area contributed by atoms with E-state index in [1.807, 2.05) is 55.6 Å². The first kappa shape index (κ1) is 12.8. The molecule has 0 aliphatic carbocycles. The van der Waals surface area contributed by atoms with Gasteiger partial charge in [-0.1, -0.05) is 42.5 Å². The minimum atomic E-state index is -0.326. The number of fused-ring (bicyclic) bond motifs is 3. The molecule has 4 rings (SSSR count). The normalized spacial score (nSPS) is 11.3. The maximum atomic E-state index is 12.4. The van der Waals surface area contributed by atoms with Crippen LogP contribution in [0.3, 0.4) is 0 Å². The van der Waals surface area contributed by atoms with E-state index in [0.29, 0.717) is 22.9 Å². The quantitative estimate of drug-likeness (QED) is 0.532. The Morgan fingerprint density at radius 3 is 2.59 bits per heavy atom. The lowest BCUT2D eigenvalue weighted by Gasteiger charge is -2.02. The van der Waals surface area contributed by atoms with E-state index in [9.17, 15) is 4.79 Å². The zero-order valence-electron chi connectivity index (χ0n) is 12.1. The number of benzene rings is 2. The summed E-state index contributed by atoms with van der Waals surface area (Å²) < 4.78 is 7.24. The van der Waals surface area contributed by atoms with Crippen LogP contribution in [0, 0.1) is 0 Å². The highest BCUT2D eigenvalue weighted by atomic mass is 16.4. The van der Waals surface area contributed by atoms with Crippen LogP contribution in [-0.2, 0) is 13.5 Å².